The third-order valence-electron chi connectivity index (χ3n) is 5.23. The molecule has 0 spiro atoms. The summed E-state index contributed by atoms with van der Waals surface area (Å²) >= 11 is 7.22. The lowest BCUT2D eigenvalue weighted by Crippen LogP contribution is -2.51. The van der Waals surface area contributed by atoms with Crippen molar-refractivity contribution >= 4 is 31.9 Å². The molecular formula is C18H21Br2N3O. The van der Waals surface area contributed by atoms with Gasteiger partial charge in [0, 0.05) is 36.9 Å². The standard InChI is InChI=1S/C18H21Br2N3O/c19-12-9-11-1-2-13-14(3-4-15(24)16(13)20)18(17(11)22-10-12)23-7-5-21-6-8-23/h3-4,9-10,17-18,21-22,24H,1-2,5-8H2/t17?,18-/m1/s1. The molecule has 1 aliphatic carbocycles. The first-order valence-corrected chi connectivity index (χ1v) is 10.0. The van der Waals surface area contributed by atoms with E-state index in [9.17, 15) is 5.11 Å². The molecule has 1 aromatic carbocycles. The fourth-order valence-electron chi connectivity index (χ4n) is 4.08. The van der Waals surface area contributed by atoms with E-state index in [1.165, 1.54) is 16.7 Å². The SMILES string of the molecule is Oc1ccc2c(c1Br)CCC1=CC(Br)=CNC1[C@@H]2N1CCNCC1. The van der Waals surface area contributed by atoms with Gasteiger partial charge in [-0.1, -0.05) is 6.07 Å². The van der Waals surface area contributed by atoms with Crippen molar-refractivity contribution in [2.24, 2.45) is 0 Å². The largest absolute Gasteiger partial charge is 0.507 e. The second-order valence-electron chi connectivity index (χ2n) is 6.59. The lowest BCUT2D eigenvalue weighted by molar-refractivity contribution is 0.152. The Hall–Kier alpha value is -0.820. The second kappa shape index (κ2) is 6.83. The molecule has 2 atom stereocenters. The minimum atomic E-state index is 0.280. The number of fused-ring (bicyclic) bond motifs is 2. The summed E-state index contributed by atoms with van der Waals surface area (Å²) in [6.45, 7) is 4.13. The maximum absolute atomic E-state index is 10.1. The number of benzene rings is 1. The summed E-state index contributed by atoms with van der Waals surface area (Å²) in [5, 5.41) is 17.2. The lowest BCUT2D eigenvalue weighted by atomic mass is 9.90. The van der Waals surface area contributed by atoms with E-state index in [0.29, 0.717) is 5.75 Å². The zero-order valence-corrected chi connectivity index (χ0v) is 16.5. The smallest absolute Gasteiger partial charge is 0.130 e. The summed E-state index contributed by atoms with van der Waals surface area (Å²) in [5.74, 6) is 0.332. The van der Waals surface area contributed by atoms with Gasteiger partial charge in [-0.3, -0.25) is 4.90 Å². The average molecular weight is 455 g/mol. The predicted octanol–water partition coefficient (Wildman–Crippen LogP) is 3.18. The number of allylic oxidation sites excluding steroid dienone is 2. The number of rotatable bonds is 1. The molecule has 3 N–H and O–H groups in total. The number of dihydropyridines is 1. The summed E-state index contributed by atoms with van der Waals surface area (Å²) in [4.78, 5) is 2.57. The molecule has 0 radical (unpaired) electrons. The summed E-state index contributed by atoms with van der Waals surface area (Å²) in [5.41, 5.74) is 4.00. The number of hydrogen-bond donors (Lipinski definition) is 3. The van der Waals surface area contributed by atoms with Gasteiger partial charge in [0.2, 0.25) is 0 Å². The summed E-state index contributed by atoms with van der Waals surface area (Å²) in [6, 6.07) is 4.49. The first-order chi connectivity index (χ1) is 11.6. The quantitative estimate of drug-likeness (QED) is 0.609. The lowest BCUT2D eigenvalue weighted by Gasteiger charge is -2.41. The van der Waals surface area contributed by atoms with E-state index in [-0.39, 0.29) is 12.1 Å². The van der Waals surface area contributed by atoms with Crippen LogP contribution in [0.3, 0.4) is 0 Å². The molecule has 128 valence electrons. The molecule has 24 heavy (non-hydrogen) atoms. The zero-order chi connectivity index (χ0) is 16.7. The van der Waals surface area contributed by atoms with Crippen LogP contribution in [0, 0.1) is 0 Å². The van der Waals surface area contributed by atoms with E-state index in [4.69, 9.17) is 0 Å². The van der Waals surface area contributed by atoms with E-state index in [1.807, 2.05) is 6.07 Å². The van der Waals surface area contributed by atoms with Crippen LogP contribution in [0.4, 0.5) is 0 Å². The van der Waals surface area contributed by atoms with Crippen molar-refractivity contribution in [3.05, 3.63) is 50.1 Å². The van der Waals surface area contributed by atoms with Crippen molar-refractivity contribution < 1.29 is 5.11 Å². The summed E-state index contributed by atoms with van der Waals surface area (Å²) in [6.07, 6.45) is 6.26. The highest BCUT2D eigenvalue weighted by Gasteiger charge is 2.37. The fraction of sp³-hybridized carbons (Fsp3) is 0.444. The first kappa shape index (κ1) is 16.6. The summed E-state index contributed by atoms with van der Waals surface area (Å²) in [7, 11) is 0. The Kier molecular flexibility index (Phi) is 4.73. The highest BCUT2D eigenvalue weighted by atomic mass is 79.9. The Morgan fingerprint density at radius 3 is 2.71 bits per heavy atom. The third-order valence-corrected chi connectivity index (χ3v) is 6.57. The van der Waals surface area contributed by atoms with Gasteiger partial charge in [0.15, 0.2) is 0 Å². The number of hydrogen-bond acceptors (Lipinski definition) is 4. The molecule has 1 fully saturated rings. The second-order valence-corrected chi connectivity index (χ2v) is 8.30. The molecule has 2 heterocycles. The number of nitrogens with zero attached hydrogens (tertiary/aromatic N) is 1. The van der Waals surface area contributed by atoms with E-state index < -0.39 is 0 Å². The van der Waals surface area contributed by atoms with Gasteiger partial charge in [-0.25, -0.2) is 0 Å². The minimum Gasteiger partial charge on any atom is -0.507 e. The van der Waals surface area contributed by atoms with Gasteiger partial charge >= 0.3 is 0 Å². The monoisotopic (exact) mass is 453 g/mol. The van der Waals surface area contributed by atoms with Crippen molar-refractivity contribution in [1.82, 2.24) is 15.5 Å². The zero-order valence-electron chi connectivity index (χ0n) is 13.4. The Morgan fingerprint density at radius 2 is 1.92 bits per heavy atom. The van der Waals surface area contributed by atoms with Gasteiger partial charge < -0.3 is 15.7 Å². The molecule has 3 aliphatic rings. The Bertz CT molecular complexity index is 710. The Labute approximate surface area is 159 Å². The maximum Gasteiger partial charge on any atom is 0.130 e. The van der Waals surface area contributed by atoms with Gasteiger partial charge in [0.1, 0.15) is 5.75 Å². The fourth-order valence-corrected chi connectivity index (χ4v) is 5.06. The van der Waals surface area contributed by atoms with Crippen LogP contribution in [-0.2, 0) is 6.42 Å². The van der Waals surface area contributed by atoms with Crippen molar-refractivity contribution in [2.75, 3.05) is 26.2 Å². The van der Waals surface area contributed by atoms with Crippen LogP contribution in [-0.4, -0.2) is 42.2 Å². The molecule has 0 bridgehead atoms. The third kappa shape index (κ3) is 2.94. The van der Waals surface area contributed by atoms with Crippen LogP contribution in [0.1, 0.15) is 23.6 Å². The number of nitrogens with one attached hydrogen (secondary N) is 2. The number of phenols is 1. The molecule has 4 nitrogen and oxygen atoms in total. The molecule has 6 heteroatoms. The number of aromatic hydroxyl groups is 1. The highest BCUT2D eigenvalue weighted by Crippen LogP contribution is 2.43. The number of piperazine rings is 1. The maximum atomic E-state index is 10.1. The Balaban J connectivity index is 1.82. The Morgan fingerprint density at radius 1 is 1.12 bits per heavy atom. The van der Waals surface area contributed by atoms with Gasteiger partial charge in [0.05, 0.1) is 16.6 Å². The van der Waals surface area contributed by atoms with Crippen molar-refractivity contribution in [1.29, 1.82) is 0 Å². The van der Waals surface area contributed by atoms with Crippen LogP contribution in [0.15, 0.2) is 38.9 Å². The molecule has 1 aromatic rings. The van der Waals surface area contributed by atoms with Crippen molar-refractivity contribution in [3.63, 3.8) is 0 Å². The van der Waals surface area contributed by atoms with Crippen LogP contribution < -0.4 is 10.6 Å². The van der Waals surface area contributed by atoms with Crippen LogP contribution in [0.5, 0.6) is 5.75 Å². The molecular weight excluding hydrogens is 434 g/mol. The van der Waals surface area contributed by atoms with Crippen molar-refractivity contribution in [3.8, 4) is 5.75 Å². The van der Waals surface area contributed by atoms with Crippen LogP contribution >= 0.6 is 31.9 Å². The van der Waals surface area contributed by atoms with E-state index in [1.54, 1.807) is 0 Å². The molecule has 2 aliphatic heterocycles. The molecule has 4 rings (SSSR count). The summed E-state index contributed by atoms with van der Waals surface area (Å²) < 4.78 is 1.95. The molecule has 0 aromatic heterocycles. The number of halogens is 2. The molecule has 1 unspecified atom stereocenters. The van der Waals surface area contributed by atoms with Gasteiger partial charge in [-0.15, -0.1) is 0 Å². The van der Waals surface area contributed by atoms with Crippen molar-refractivity contribution in [2.45, 2.75) is 24.9 Å². The first-order valence-electron chi connectivity index (χ1n) is 8.42. The highest BCUT2D eigenvalue weighted by molar-refractivity contribution is 9.12. The van der Waals surface area contributed by atoms with Gasteiger partial charge in [0.25, 0.3) is 0 Å². The predicted molar refractivity (Wildman–Crippen MR) is 103 cm³/mol. The average Bonchev–Trinajstić information content (AvgIpc) is 2.76. The van der Waals surface area contributed by atoms with Crippen LogP contribution in [0.25, 0.3) is 0 Å². The molecule has 0 saturated carbocycles. The van der Waals surface area contributed by atoms with Crippen LogP contribution in [0.2, 0.25) is 0 Å². The normalized spacial score (nSPS) is 27.2. The molecule has 0 amide bonds. The molecule has 1 saturated heterocycles. The van der Waals surface area contributed by atoms with E-state index >= 15 is 0 Å². The minimum absolute atomic E-state index is 0.280. The van der Waals surface area contributed by atoms with E-state index in [2.05, 4.69) is 65.7 Å². The van der Waals surface area contributed by atoms with E-state index in [0.717, 1.165) is 48.0 Å². The van der Waals surface area contributed by atoms with Gasteiger partial charge in [-0.05, 0) is 73.5 Å². The van der Waals surface area contributed by atoms with Gasteiger partial charge in [-0.2, -0.15) is 0 Å². The topological polar surface area (TPSA) is 47.5 Å². The number of phenolic OH excluding ortho intramolecular Hbond substituents is 1.